The van der Waals surface area contributed by atoms with Gasteiger partial charge in [0.2, 0.25) is 0 Å². The van der Waals surface area contributed by atoms with Gasteiger partial charge >= 0.3 is 0 Å². The summed E-state index contributed by atoms with van der Waals surface area (Å²) >= 11 is 0. The number of rotatable bonds is 2. The zero-order valence-corrected chi connectivity index (χ0v) is 10.5. The van der Waals surface area contributed by atoms with Crippen molar-refractivity contribution in [3.8, 4) is 16.9 Å². The van der Waals surface area contributed by atoms with Crippen LogP contribution in [0.1, 0.15) is 0 Å². The summed E-state index contributed by atoms with van der Waals surface area (Å²) in [6, 6.07) is 15.1. The maximum atomic E-state index is 12.5. The Morgan fingerprint density at radius 3 is 2.58 bits per heavy atom. The fourth-order valence-electron chi connectivity index (χ4n) is 2.16. The first-order valence-electron chi connectivity index (χ1n) is 6.04. The van der Waals surface area contributed by atoms with Crippen molar-refractivity contribution in [1.29, 1.82) is 0 Å². The van der Waals surface area contributed by atoms with Crippen LogP contribution in [0.25, 0.3) is 22.0 Å². The van der Waals surface area contributed by atoms with Gasteiger partial charge in [0.1, 0.15) is 5.75 Å². The summed E-state index contributed by atoms with van der Waals surface area (Å²) in [7, 11) is 1.61. The second-order valence-corrected chi connectivity index (χ2v) is 4.31. The summed E-state index contributed by atoms with van der Waals surface area (Å²) in [4.78, 5) is 15.6. The Balaban J connectivity index is 2.25. The maximum Gasteiger partial charge on any atom is 0.197 e. The van der Waals surface area contributed by atoms with Crippen LogP contribution < -0.4 is 10.2 Å². The van der Waals surface area contributed by atoms with E-state index in [2.05, 4.69) is 4.98 Å². The number of aromatic amines is 1. The highest BCUT2D eigenvalue weighted by molar-refractivity contribution is 5.84. The molecule has 0 saturated carbocycles. The van der Waals surface area contributed by atoms with Crippen molar-refractivity contribution >= 4 is 10.9 Å². The van der Waals surface area contributed by atoms with Crippen LogP contribution in [0.2, 0.25) is 0 Å². The molecule has 2 aromatic carbocycles. The lowest BCUT2D eigenvalue weighted by Crippen LogP contribution is -2.06. The summed E-state index contributed by atoms with van der Waals surface area (Å²) in [6.45, 7) is 0. The van der Waals surface area contributed by atoms with E-state index in [0.717, 1.165) is 16.8 Å². The summed E-state index contributed by atoms with van der Waals surface area (Å²) in [6.07, 6.45) is 1.75. The average Bonchev–Trinajstić information content (AvgIpc) is 2.48. The van der Waals surface area contributed by atoms with Crippen molar-refractivity contribution in [2.24, 2.45) is 0 Å². The first-order valence-corrected chi connectivity index (χ1v) is 6.04. The van der Waals surface area contributed by atoms with Crippen molar-refractivity contribution in [3.63, 3.8) is 0 Å². The lowest BCUT2D eigenvalue weighted by Gasteiger charge is -2.05. The molecular weight excluding hydrogens is 238 g/mol. The fourth-order valence-corrected chi connectivity index (χ4v) is 2.16. The Labute approximate surface area is 110 Å². The number of methoxy groups -OCH3 is 1. The van der Waals surface area contributed by atoms with E-state index in [0.29, 0.717) is 10.9 Å². The van der Waals surface area contributed by atoms with Crippen molar-refractivity contribution in [2.75, 3.05) is 7.11 Å². The third kappa shape index (κ3) is 1.99. The Morgan fingerprint density at radius 1 is 1.05 bits per heavy atom. The molecule has 3 nitrogen and oxygen atoms in total. The van der Waals surface area contributed by atoms with Crippen molar-refractivity contribution in [1.82, 2.24) is 4.98 Å². The number of ether oxygens (including phenoxy) is 1. The van der Waals surface area contributed by atoms with Gasteiger partial charge in [0, 0.05) is 23.2 Å². The van der Waals surface area contributed by atoms with Gasteiger partial charge in [-0.1, -0.05) is 30.3 Å². The lowest BCUT2D eigenvalue weighted by molar-refractivity contribution is 0.415. The van der Waals surface area contributed by atoms with E-state index >= 15 is 0 Å². The van der Waals surface area contributed by atoms with Gasteiger partial charge < -0.3 is 9.72 Å². The van der Waals surface area contributed by atoms with Crippen LogP contribution in [-0.4, -0.2) is 12.1 Å². The van der Waals surface area contributed by atoms with Gasteiger partial charge in [0.25, 0.3) is 0 Å². The SMILES string of the molecule is COc1ccc2c(=O)c(-c3ccccc3)c[nH]c2c1. The predicted octanol–water partition coefficient (Wildman–Crippen LogP) is 3.20. The van der Waals surface area contributed by atoms with Gasteiger partial charge in [-0.15, -0.1) is 0 Å². The van der Waals surface area contributed by atoms with E-state index in [1.807, 2.05) is 36.4 Å². The highest BCUT2D eigenvalue weighted by Gasteiger charge is 2.07. The van der Waals surface area contributed by atoms with E-state index in [1.54, 1.807) is 25.4 Å². The average molecular weight is 251 g/mol. The quantitative estimate of drug-likeness (QED) is 0.760. The third-order valence-corrected chi connectivity index (χ3v) is 3.17. The largest absolute Gasteiger partial charge is 0.497 e. The monoisotopic (exact) mass is 251 g/mol. The van der Waals surface area contributed by atoms with E-state index in [1.165, 1.54) is 0 Å². The first-order chi connectivity index (χ1) is 9.29. The van der Waals surface area contributed by atoms with Crippen LogP contribution in [0.3, 0.4) is 0 Å². The van der Waals surface area contributed by atoms with Crippen LogP contribution in [0, 0.1) is 0 Å². The van der Waals surface area contributed by atoms with Gasteiger partial charge in [-0.05, 0) is 17.7 Å². The molecule has 0 unspecified atom stereocenters. The van der Waals surface area contributed by atoms with Crippen LogP contribution in [0.5, 0.6) is 5.75 Å². The fraction of sp³-hybridized carbons (Fsp3) is 0.0625. The second-order valence-electron chi connectivity index (χ2n) is 4.31. The number of hydrogen-bond acceptors (Lipinski definition) is 2. The first kappa shape index (κ1) is 11.5. The van der Waals surface area contributed by atoms with E-state index < -0.39 is 0 Å². The van der Waals surface area contributed by atoms with Crippen molar-refractivity contribution in [3.05, 3.63) is 65.0 Å². The molecule has 0 aliphatic heterocycles. The molecule has 3 rings (SSSR count). The molecule has 0 aliphatic rings. The van der Waals surface area contributed by atoms with E-state index in [-0.39, 0.29) is 5.43 Å². The normalized spacial score (nSPS) is 10.6. The number of hydrogen-bond donors (Lipinski definition) is 1. The Morgan fingerprint density at radius 2 is 1.84 bits per heavy atom. The lowest BCUT2D eigenvalue weighted by atomic mass is 10.0. The molecule has 94 valence electrons. The standard InChI is InChI=1S/C16H13NO2/c1-19-12-7-8-13-15(9-12)17-10-14(16(13)18)11-5-3-2-4-6-11/h2-10H,1H3,(H,17,18). The number of H-pyrrole nitrogens is 1. The molecule has 0 aliphatic carbocycles. The van der Waals surface area contributed by atoms with Crippen LogP contribution in [0.4, 0.5) is 0 Å². The molecule has 0 fully saturated rings. The Hall–Kier alpha value is -2.55. The number of aromatic nitrogens is 1. The zero-order chi connectivity index (χ0) is 13.2. The Bertz CT molecular complexity index is 776. The van der Waals surface area contributed by atoms with Crippen molar-refractivity contribution < 1.29 is 4.74 Å². The minimum absolute atomic E-state index is 0.0302. The minimum atomic E-state index is 0.0302. The highest BCUT2D eigenvalue weighted by atomic mass is 16.5. The van der Waals surface area contributed by atoms with Gasteiger partial charge in [-0.25, -0.2) is 0 Å². The predicted molar refractivity (Wildman–Crippen MR) is 76.6 cm³/mol. The molecule has 1 heterocycles. The smallest absolute Gasteiger partial charge is 0.197 e. The van der Waals surface area contributed by atoms with Crippen molar-refractivity contribution in [2.45, 2.75) is 0 Å². The number of nitrogens with one attached hydrogen (secondary N) is 1. The van der Waals surface area contributed by atoms with Gasteiger partial charge in [0.05, 0.1) is 12.6 Å². The number of pyridine rings is 1. The van der Waals surface area contributed by atoms with Crippen LogP contribution in [-0.2, 0) is 0 Å². The number of fused-ring (bicyclic) bond motifs is 1. The summed E-state index contributed by atoms with van der Waals surface area (Å²) < 4.78 is 5.15. The summed E-state index contributed by atoms with van der Waals surface area (Å²) in [5, 5.41) is 0.669. The summed E-state index contributed by atoms with van der Waals surface area (Å²) in [5.41, 5.74) is 2.41. The van der Waals surface area contributed by atoms with Crippen LogP contribution in [0.15, 0.2) is 59.5 Å². The molecular formula is C16H13NO2. The topological polar surface area (TPSA) is 42.1 Å². The molecule has 1 N–H and O–H groups in total. The van der Waals surface area contributed by atoms with Gasteiger partial charge in [0.15, 0.2) is 5.43 Å². The molecule has 0 atom stereocenters. The van der Waals surface area contributed by atoms with E-state index in [4.69, 9.17) is 4.74 Å². The molecule has 0 amide bonds. The molecule has 0 bridgehead atoms. The molecule has 0 saturated heterocycles. The molecule has 3 heteroatoms. The molecule has 1 aromatic heterocycles. The maximum absolute atomic E-state index is 12.5. The molecule has 3 aromatic rings. The zero-order valence-electron chi connectivity index (χ0n) is 10.5. The summed E-state index contributed by atoms with van der Waals surface area (Å²) in [5.74, 6) is 0.732. The van der Waals surface area contributed by atoms with Crippen LogP contribution >= 0.6 is 0 Å². The molecule has 0 spiro atoms. The second kappa shape index (κ2) is 4.61. The van der Waals surface area contributed by atoms with Gasteiger partial charge in [-0.3, -0.25) is 4.79 Å². The van der Waals surface area contributed by atoms with Gasteiger partial charge in [-0.2, -0.15) is 0 Å². The van der Waals surface area contributed by atoms with E-state index in [9.17, 15) is 4.79 Å². The number of benzene rings is 2. The molecule has 0 radical (unpaired) electrons. The molecule has 19 heavy (non-hydrogen) atoms. The minimum Gasteiger partial charge on any atom is -0.497 e. The third-order valence-electron chi connectivity index (χ3n) is 3.17. The highest BCUT2D eigenvalue weighted by Crippen LogP contribution is 2.20. The Kier molecular flexibility index (Phi) is 2.80.